The number of nitrogens with zero attached hydrogens (tertiary/aromatic N) is 4. The van der Waals surface area contributed by atoms with Crippen LogP contribution in [0.3, 0.4) is 0 Å². The summed E-state index contributed by atoms with van der Waals surface area (Å²) < 4.78 is 5.07. The first-order chi connectivity index (χ1) is 12.8. The van der Waals surface area contributed by atoms with Crippen molar-refractivity contribution in [1.29, 1.82) is 0 Å². The Morgan fingerprint density at radius 1 is 1.04 bits per heavy atom. The van der Waals surface area contributed by atoms with Gasteiger partial charge in [0, 0.05) is 63.8 Å². The minimum absolute atomic E-state index is 0.476. The van der Waals surface area contributed by atoms with Crippen molar-refractivity contribution >= 4 is 0 Å². The third-order valence-electron chi connectivity index (χ3n) is 5.68. The summed E-state index contributed by atoms with van der Waals surface area (Å²) in [5, 5.41) is 0. The van der Waals surface area contributed by atoms with Crippen LogP contribution in [0.4, 0.5) is 0 Å². The molecule has 0 radical (unpaired) electrons. The Morgan fingerprint density at radius 3 is 2.50 bits per heavy atom. The molecule has 0 bridgehead atoms. The van der Waals surface area contributed by atoms with E-state index in [-0.39, 0.29) is 0 Å². The van der Waals surface area contributed by atoms with E-state index >= 15 is 0 Å². The summed E-state index contributed by atoms with van der Waals surface area (Å²) in [5.41, 5.74) is 4.30. The van der Waals surface area contributed by atoms with Crippen LogP contribution in [0.5, 0.6) is 0 Å². The van der Waals surface area contributed by atoms with Crippen molar-refractivity contribution in [2.45, 2.75) is 38.5 Å². The number of methoxy groups -OCH3 is 1. The third kappa shape index (κ3) is 4.11. The van der Waals surface area contributed by atoms with Gasteiger partial charge in [-0.15, -0.1) is 0 Å². The van der Waals surface area contributed by atoms with Crippen molar-refractivity contribution < 1.29 is 4.74 Å². The number of hydrogen-bond acceptors (Lipinski definition) is 5. The van der Waals surface area contributed by atoms with Crippen LogP contribution in [0.25, 0.3) is 0 Å². The van der Waals surface area contributed by atoms with Gasteiger partial charge in [-0.25, -0.2) is 9.97 Å². The fraction of sp³-hybridized carbons (Fsp3) is 0.524. The number of aromatic nitrogens is 2. The van der Waals surface area contributed by atoms with E-state index in [1.807, 2.05) is 12.4 Å². The molecule has 5 nitrogen and oxygen atoms in total. The van der Waals surface area contributed by atoms with Crippen molar-refractivity contribution in [3.8, 4) is 0 Å². The van der Waals surface area contributed by atoms with Gasteiger partial charge in [0.05, 0.1) is 0 Å². The fourth-order valence-electron chi connectivity index (χ4n) is 4.20. The SMILES string of the molecule is COCc1ncc(CN2CCN([C@@H]3CCc4ccccc4C3)CC2)cn1. The maximum absolute atomic E-state index is 5.07. The first-order valence-electron chi connectivity index (χ1n) is 9.64. The largest absolute Gasteiger partial charge is 0.377 e. The van der Waals surface area contributed by atoms with Crippen LogP contribution in [-0.2, 0) is 30.7 Å². The standard InChI is InChI=1S/C21H28N4O/c1-26-16-21-22-13-17(14-23-21)15-24-8-10-25(11-9-24)20-7-6-18-4-2-3-5-19(18)12-20/h2-5,13-14,20H,6-12,15-16H2,1H3/t20-/m1/s1. The van der Waals surface area contributed by atoms with Gasteiger partial charge >= 0.3 is 0 Å². The number of hydrogen-bond donors (Lipinski definition) is 0. The molecule has 0 saturated carbocycles. The Morgan fingerprint density at radius 2 is 1.77 bits per heavy atom. The Balaban J connectivity index is 1.28. The van der Waals surface area contributed by atoms with Crippen LogP contribution in [0.1, 0.15) is 28.9 Å². The molecule has 0 unspecified atom stereocenters. The molecule has 2 heterocycles. The van der Waals surface area contributed by atoms with Gasteiger partial charge in [0.25, 0.3) is 0 Å². The minimum Gasteiger partial charge on any atom is -0.377 e. The molecule has 1 atom stereocenters. The molecule has 5 heteroatoms. The van der Waals surface area contributed by atoms with Crippen LogP contribution in [0, 0.1) is 0 Å². The maximum atomic E-state index is 5.07. The number of fused-ring (bicyclic) bond motifs is 1. The molecular formula is C21H28N4O. The topological polar surface area (TPSA) is 41.5 Å². The second-order valence-corrected chi connectivity index (χ2v) is 7.42. The molecule has 138 valence electrons. The van der Waals surface area contributed by atoms with Crippen molar-refractivity contribution in [2.75, 3.05) is 33.3 Å². The van der Waals surface area contributed by atoms with E-state index in [0.29, 0.717) is 12.6 Å². The molecule has 1 fully saturated rings. The molecule has 26 heavy (non-hydrogen) atoms. The lowest BCUT2D eigenvalue weighted by Gasteiger charge is -2.41. The van der Waals surface area contributed by atoms with Crippen molar-refractivity contribution in [2.24, 2.45) is 0 Å². The molecule has 1 aliphatic carbocycles. The van der Waals surface area contributed by atoms with Gasteiger partial charge in [-0.3, -0.25) is 9.80 Å². The molecule has 2 aliphatic rings. The summed E-state index contributed by atoms with van der Waals surface area (Å²) in [6.07, 6.45) is 7.61. The van der Waals surface area contributed by atoms with Crippen LogP contribution >= 0.6 is 0 Å². The quantitative estimate of drug-likeness (QED) is 0.826. The summed E-state index contributed by atoms with van der Waals surface area (Å²) in [6.45, 7) is 5.99. The van der Waals surface area contributed by atoms with E-state index in [9.17, 15) is 0 Å². The monoisotopic (exact) mass is 352 g/mol. The van der Waals surface area contributed by atoms with Crippen LogP contribution in [-0.4, -0.2) is 59.1 Å². The van der Waals surface area contributed by atoms with Gasteiger partial charge < -0.3 is 4.74 Å². The summed E-state index contributed by atoms with van der Waals surface area (Å²) in [5.74, 6) is 0.749. The van der Waals surface area contributed by atoms with E-state index in [0.717, 1.165) is 38.5 Å². The molecular weight excluding hydrogens is 324 g/mol. The van der Waals surface area contributed by atoms with Crippen molar-refractivity contribution in [3.63, 3.8) is 0 Å². The van der Waals surface area contributed by atoms with Gasteiger partial charge in [0.2, 0.25) is 0 Å². The second kappa shape index (κ2) is 8.25. The van der Waals surface area contributed by atoms with E-state index in [1.165, 1.54) is 24.8 Å². The fourth-order valence-corrected chi connectivity index (χ4v) is 4.20. The highest BCUT2D eigenvalue weighted by Gasteiger charge is 2.27. The lowest BCUT2D eigenvalue weighted by atomic mass is 9.87. The highest BCUT2D eigenvalue weighted by atomic mass is 16.5. The molecule has 1 saturated heterocycles. The minimum atomic E-state index is 0.476. The molecule has 2 aromatic rings. The van der Waals surface area contributed by atoms with E-state index < -0.39 is 0 Å². The first-order valence-corrected chi connectivity index (χ1v) is 9.64. The summed E-state index contributed by atoms with van der Waals surface area (Å²) in [4.78, 5) is 14.0. The van der Waals surface area contributed by atoms with Crippen molar-refractivity contribution in [1.82, 2.24) is 19.8 Å². The van der Waals surface area contributed by atoms with Gasteiger partial charge in [0.1, 0.15) is 6.61 Å². The lowest BCUT2D eigenvalue weighted by Crippen LogP contribution is -2.51. The summed E-state index contributed by atoms with van der Waals surface area (Å²) >= 11 is 0. The van der Waals surface area contributed by atoms with E-state index in [1.54, 1.807) is 18.2 Å². The summed E-state index contributed by atoms with van der Waals surface area (Å²) in [6, 6.07) is 9.67. The number of benzene rings is 1. The van der Waals surface area contributed by atoms with Gasteiger partial charge in [-0.05, 0) is 30.4 Å². The average Bonchev–Trinajstić information content (AvgIpc) is 2.70. The smallest absolute Gasteiger partial charge is 0.153 e. The zero-order chi connectivity index (χ0) is 17.8. The number of piperazine rings is 1. The average molecular weight is 352 g/mol. The van der Waals surface area contributed by atoms with Crippen LogP contribution in [0.2, 0.25) is 0 Å². The van der Waals surface area contributed by atoms with Crippen LogP contribution in [0.15, 0.2) is 36.7 Å². The van der Waals surface area contributed by atoms with Gasteiger partial charge in [0.15, 0.2) is 5.82 Å². The molecule has 1 aliphatic heterocycles. The second-order valence-electron chi connectivity index (χ2n) is 7.42. The number of rotatable bonds is 5. The molecule has 0 spiro atoms. The molecule has 1 aromatic carbocycles. The number of ether oxygens (including phenoxy) is 1. The van der Waals surface area contributed by atoms with Crippen molar-refractivity contribution in [3.05, 3.63) is 59.2 Å². The maximum Gasteiger partial charge on any atom is 0.153 e. The van der Waals surface area contributed by atoms with Crippen LogP contribution < -0.4 is 0 Å². The third-order valence-corrected chi connectivity index (χ3v) is 5.68. The molecule has 0 amide bonds. The Kier molecular flexibility index (Phi) is 5.58. The zero-order valence-corrected chi connectivity index (χ0v) is 15.6. The van der Waals surface area contributed by atoms with Gasteiger partial charge in [-0.1, -0.05) is 24.3 Å². The zero-order valence-electron chi connectivity index (χ0n) is 15.6. The normalized spacial score (nSPS) is 21.5. The Bertz CT molecular complexity index is 710. The van der Waals surface area contributed by atoms with E-state index in [2.05, 4.69) is 44.0 Å². The summed E-state index contributed by atoms with van der Waals surface area (Å²) in [7, 11) is 1.67. The first kappa shape index (κ1) is 17.6. The Hall–Kier alpha value is -1.82. The molecule has 4 rings (SSSR count). The van der Waals surface area contributed by atoms with Gasteiger partial charge in [-0.2, -0.15) is 0 Å². The Labute approximate surface area is 156 Å². The predicted octanol–water partition coefficient (Wildman–Crippen LogP) is 2.30. The highest BCUT2D eigenvalue weighted by molar-refractivity contribution is 5.30. The van der Waals surface area contributed by atoms with E-state index in [4.69, 9.17) is 4.74 Å². The molecule has 1 aromatic heterocycles. The number of aryl methyl sites for hydroxylation is 1. The predicted molar refractivity (Wildman–Crippen MR) is 102 cm³/mol. The highest BCUT2D eigenvalue weighted by Crippen LogP contribution is 2.25. The lowest BCUT2D eigenvalue weighted by molar-refractivity contribution is 0.0855. The molecule has 0 N–H and O–H groups in total.